The lowest BCUT2D eigenvalue weighted by molar-refractivity contribution is -0.142. The third-order valence-electron chi connectivity index (χ3n) is 11.1. The summed E-state index contributed by atoms with van der Waals surface area (Å²) in [6.45, 7) is -1.42. The van der Waals surface area contributed by atoms with Gasteiger partial charge in [-0.15, -0.1) is 0 Å². The molecule has 0 bridgehead atoms. The van der Waals surface area contributed by atoms with Gasteiger partial charge in [0, 0.05) is 25.7 Å². The van der Waals surface area contributed by atoms with Gasteiger partial charge in [-0.2, -0.15) is 0 Å². The normalized spacial score (nSPS) is 13.2. The SMILES string of the molecule is NC(=O)CC[C@@H](NC(=O)CNC(=O)[C@H](Cc1ccccc1)NNC(=O)[C@H](Cc1ccccc1)NC(=O)CNC(=O)[C@@H](CCC(N)=O)NC(=O)[C@@H](N)Cc1ccc(O)cc1)C(=O)N[C@@H](Cc1ccc(O)cc1)C(=O)O. The number of carbonyl (C=O) groups excluding carboxylic acids is 9. The van der Waals surface area contributed by atoms with Crippen molar-refractivity contribution < 1.29 is 63.3 Å². The van der Waals surface area contributed by atoms with Crippen molar-refractivity contribution >= 4 is 59.1 Å². The first-order valence-corrected chi connectivity index (χ1v) is 23.2. The molecule has 4 aromatic carbocycles. The Labute approximate surface area is 424 Å². The van der Waals surface area contributed by atoms with Crippen molar-refractivity contribution in [1.82, 2.24) is 42.8 Å². The van der Waals surface area contributed by atoms with Gasteiger partial charge in [0.2, 0.25) is 47.3 Å². The van der Waals surface area contributed by atoms with Gasteiger partial charge in [-0.25, -0.2) is 10.2 Å². The van der Waals surface area contributed by atoms with Crippen LogP contribution < -0.4 is 60.0 Å². The number of phenolic OH excluding ortho intramolecular Hbond substituents is 2. The van der Waals surface area contributed by atoms with Crippen LogP contribution >= 0.6 is 0 Å². The van der Waals surface area contributed by atoms with Crippen LogP contribution in [0.2, 0.25) is 0 Å². The molecule has 0 aliphatic carbocycles. The molecule has 0 saturated carbocycles. The van der Waals surface area contributed by atoms with E-state index in [1.165, 1.54) is 36.4 Å². The average Bonchev–Trinajstić information content (AvgIpc) is 3.37. The molecule has 0 unspecified atom stereocenters. The summed E-state index contributed by atoms with van der Waals surface area (Å²) < 4.78 is 0. The summed E-state index contributed by atoms with van der Waals surface area (Å²) in [7, 11) is 0. The number of rotatable bonds is 30. The third kappa shape index (κ3) is 20.8. The van der Waals surface area contributed by atoms with Crippen molar-refractivity contribution in [2.45, 2.75) is 87.6 Å². The van der Waals surface area contributed by atoms with E-state index < -0.39 is 108 Å². The molecular weight excluding hydrogens is 963 g/mol. The minimum atomic E-state index is -1.48. The number of hydrogen-bond acceptors (Lipinski definition) is 14. The minimum Gasteiger partial charge on any atom is -0.508 e. The van der Waals surface area contributed by atoms with E-state index in [4.69, 9.17) is 17.2 Å². The number of amides is 9. The van der Waals surface area contributed by atoms with Crippen LogP contribution in [0.4, 0.5) is 0 Å². The number of nitrogens with two attached hydrogens (primary N) is 3. The first kappa shape index (κ1) is 57.7. The van der Waals surface area contributed by atoms with Crippen molar-refractivity contribution in [2.75, 3.05) is 13.1 Å². The van der Waals surface area contributed by atoms with Crippen LogP contribution in [-0.2, 0) is 73.6 Å². The molecule has 9 amide bonds. The Morgan fingerprint density at radius 1 is 0.432 bits per heavy atom. The number of aromatic hydroxyl groups is 2. The van der Waals surface area contributed by atoms with Gasteiger partial charge in [0.25, 0.3) is 5.91 Å². The van der Waals surface area contributed by atoms with Crippen LogP contribution in [0.15, 0.2) is 109 Å². The topological polar surface area (TPSA) is 406 Å². The van der Waals surface area contributed by atoms with E-state index in [0.29, 0.717) is 22.3 Å². The van der Waals surface area contributed by atoms with Crippen LogP contribution in [0.3, 0.4) is 0 Å². The highest BCUT2D eigenvalue weighted by Gasteiger charge is 2.30. The fourth-order valence-electron chi connectivity index (χ4n) is 7.14. The number of hydrazine groups is 1. The van der Waals surface area contributed by atoms with Gasteiger partial charge >= 0.3 is 5.97 Å². The van der Waals surface area contributed by atoms with Crippen LogP contribution in [-0.4, -0.2) is 124 Å². The smallest absolute Gasteiger partial charge is 0.326 e. The number of benzene rings is 4. The van der Waals surface area contributed by atoms with Crippen molar-refractivity contribution in [3.8, 4) is 11.5 Å². The van der Waals surface area contributed by atoms with E-state index in [1.54, 1.807) is 72.8 Å². The second-order valence-electron chi connectivity index (χ2n) is 17.1. The van der Waals surface area contributed by atoms with Gasteiger partial charge in [-0.05, 0) is 72.2 Å². The first-order chi connectivity index (χ1) is 35.3. The maximum Gasteiger partial charge on any atom is 0.326 e. The van der Waals surface area contributed by atoms with E-state index in [0.717, 1.165) is 0 Å². The molecule has 24 heteroatoms. The molecule has 17 N–H and O–H groups in total. The molecule has 0 radical (unpaired) electrons. The lowest BCUT2D eigenvalue weighted by Crippen LogP contribution is -2.59. The van der Waals surface area contributed by atoms with Crippen LogP contribution in [0.1, 0.15) is 47.9 Å². The summed E-state index contributed by atoms with van der Waals surface area (Å²) in [4.78, 5) is 129. The predicted octanol–water partition coefficient (Wildman–Crippen LogP) is -2.53. The molecule has 74 heavy (non-hydrogen) atoms. The summed E-state index contributed by atoms with van der Waals surface area (Å²) in [6, 6.07) is 20.6. The predicted molar refractivity (Wildman–Crippen MR) is 265 cm³/mol. The number of phenols is 2. The zero-order valence-corrected chi connectivity index (χ0v) is 40.1. The van der Waals surface area contributed by atoms with Crippen molar-refractivity contribution in [3.05, 3.63) is 131 Å². The van der Waals surface area contributed by atoms with Crippen LogP contribution in [0.5, 0.6) is 11.5 Å². The highest BCUT2D eigenvalue weighted by atomic mass is 16.4. The molecule has 0 spiro atoms. The molecule has 0 fully saturated rings. The summed E-state index contributed by atoms with van der Waals surface area (Å²) in [6.07, 6.45) is -1.51. The number of aliphatic carboxylic acids is 1. The lowest BCUT2D eigenvalue weighted by Gasteiger charge is -2.24. The van der Waals surface area contributed by atoms with Gasteiger partial charge in [0.1, 0.15) is 41.7 Å². The molecular formula is C50H61N11O13. The minimum absolute atomic E-state index is 0.0106. The number of nitrogens with one attached hydrogen (secondary N) is 8. The van der Waals surface area contributed by atoms with E-state index in [2.05, 4.69) is 42.8 Å². The molecule has 6 atom stereocenters. The lowest BCUT2D eigenvalue weighted by atomic mass is 10.0. The fraction of sp³-hybridized carbons (Fsp3) is 0.320. The fourth-order valence-corrected chi connectivity index (χ4v) is 7.14. The number of hydrogen-bond donors (Lipinski definition) is 14. The summed E-state index contributed by atoms with van der Waals surface area (Å²) in [5.41, 5.74) is 24.1. The highest BCUT2D eigenvalue weighted by molar-refractivity contribution is 5.95. The Hall–Kier alpha value is -8.90. The Morgan fingerprint density at radius 3 is 1.30 bits per heavy atom. The maximum atomic E-state index is 13.9. The van der Waals surface area contributed by atoms with E-state index >= 15 is 0 Å². The Balaban J connectivity index is 1.41. The summed E-state index contributed by atoms with van der Waals surface area (Å²) >= 11 is 0. The third-order valence-corrected chi connectivity index (χ3v) is 11.1. The van der Waals surface area contributed by atoms with E-state index in [-0.39, 0.29) is 62.9 Å². The Morgan fingerprint density at radius 2 is 0.824 bits per heavy atom. The molecule has 0 aliphatic rings. The maximum absolute atomic E-state index is 13.9. The second-order valence-corrected chi connectivity index (χ2v) is 17.1. The number of carboxylic acids is 1. The Bertz CT molecular complexity index is 2570. The zero-order chi connectivity index (χ0) is 54.2. The molecule has 0 heterocycles. The highest BCUT2D eigenvalue weighted by Crippen LogP contribution is 2.14. The molecule has 0 saturated heterocycles. The first-order valence-electron chi connectivity index (χ1n) is 23.2. The zero-order valence-electron chi connectivity index (χ0n) is 40.1. The number of primary amides is 2. The summed E-state index contributed by atoms with van der Waals surface area (Å²) in [5.74, 6) is -8.99. The second kappa shape index (κ2) is 29.4. The number of carboxylic acid groups (broad SMARTS) is 1. The van der Waals surface area contributed by atoms with Crippen LogP contribution in [0.25, 0.3) is 0 Å². The molecule has 0 aromatic heterocycles. The monoisotopic (exact) mass is 1020 g/mol. The quantitative estimate of drug-likeness (QED) is 0.0240. The van der Waals surface area contributed by atoms with Crippen molar-refractivity contribution in [1.29, 1.82) is 0 Å². The standard InChI is InChI=1S/C50H61N11O13/c51-35(23-31-11-15-33(62)16-12-31)45(68)58-36(19-21-41(52)64)46(69)54-28-44(67)57-38(24-29-7-3-1-4-8-29)49(72)61-60-39(25-30-9-5-2-6-10-30)47(70)55-27-43(66)56-37(20-22-42(53)65)48(71)59-40(50(73)74)26-32-13-17-34(63)18-14-32/h1-18,35-40,60,62-63H,19-28,51H2,(H2,52,64)(H2,53,65)(H,54,69)(H,55,70)(H,56,66)(H,57,67)(H,58,68)(H,59,71)(H,61,72)(H,73,74)/t35-,36+,37+,38-,39-,40-/m0/s1. The Kier molecular flexibility index (Phi) is 23.0. The van der Waals surface area contributed by atoms with Gasteiger partial charge in [0.05, 0.1) is 19.1 Å². The average molecular weight is 1020 g/mol. The van der Waals surface area contributed by atoms with Crippen molar-refractivity contribution in [3.63, 3.8) is 0 Å². The number of carbonyl (C=O) groups is 10. The molecule has 4 rings (SSSR count). The van der Waals surface area contributed by atoms with E-state index in [9.17, 15) is 63.3 Å². The van der Waals surface area contributed by atoms with Crippen LogP contribution in [0, 0.1) is 0 Å². The van der Waals surface area contributed by atoms with Crippen molar-refractivity contribution in [2.24, 2.45) is 17.2 Å². The molecule has 4 aromatic rings. The summed E-state index contributed by atoms with van der Waals surface area (Å²) in [5, 5.41) is 43.6. The molecule has 0 aliphatic heterocycles. The van der Waals surface area contributed by atoms with Gasteiger partial charge in [-0.3, -0.25) is 48.6 Å². The van der Waals surface area contributed by atoms with E-state index in [1.807, 2.05) is 0 Å². The molecule has 24 nitrogen and oxygen atoms in total. The van der Waals surface area contributed by atoms with Gasteiger partial charge < -0.3 is 64.4 Å². The largest absolute Gasteiger partial charge is 0.508 e. The van der Waals surface area contributed by atoms with Gasteiger partial charge in [-0.1, -0.05) is 84.9 Å². The van der Waals surface area contributed by atoms with Gasteiger partial charge in [0.15, 0.2) is 0 Å². The molecule has 394 valence electrons.